The second-order valence-corrected chi connectivity index (χ2v) is 8.26. The van der Waals surface area contributed by atoms with Crippen molar-refractivity contribution in [1.82, 2.24) is 0 Å². The van der Waals surface area contributed by atoms with Crippen molar-refractivity contribution in [1.29, 1.82) is 0 Å². The fourth-order valence-electron chi connectivity index (χ4n) is 2.84. The molecule has 5 nitrogen and oxygen atoms in total. The maximum atomic E-state index is 12.9. The molecule has 0 N–H and O–H groups in total. The Balaban J connectivity index is 1.83. The van der Waals surface area contributed by atoms with Crippen LogP contribution in [0.25, 0.3) is 6.08 Å². The van der Waals surface area contributed by atoms with E-state index in [0.717, 1.165) is 5.56 Å². The summed E-state index contributed by atoms with van der Waals surface area (Å²) in [5.74, 6) is -0.351. The third-order valence-corrected chi connectivity index (χ3v) is 4.78. The van der Waals surface area contributed by atoms with E-state index in [-0.39, 0.29) is 11.6 Å². The molecule has 0 aliphatic carbocycles. The van der Waals surface area contributed by atoms with Crippen molar-refractivity contribution in [2.45, 2.75) is 26.4 Å². The minimum absolute atomic E-state index is 0.0813. The Hall–Kier alpha value is -2.63. The van der Waals surface area contributed by atoms with Crippen LogP contribution in [0, 0.1) is 0 Å². The fourth-order valence-corrected chi connectivity index (χ4v) is 3.14. The number of nitrogens with zero attached hydrogens (tertiary/aromatic N) is 2. The molecule has 2 amide bonds. The summed E-state index contributed by atoms with van der Waals surface area (Å²) < 4.78 is 5.22. The van der Waals surface area contributed by atoms with Gasteiger partial charge < -0.3 is 9.64 Å². The summed E-state index contributed by atoms with van der Waals surface area (Å²) in [5.41, 5.74) is 1.55. The van der Waals surface area contributed by atoms with Crippen molar-refractivity contribution in [2.75, 3.05) is 11.4 Å². The molecule has 1 aliphatic heterocycles. The molecule has 0 bridgehead atoms. The van der Waals surface area contributed by atoms with E-state index < -0.39 is 11.7 Å². The lowest BCUT2D eigenvalue weighted by atomic mass is 10.1. The number of anilines is 1. The Bertz CT molecular complexity index is 1020. The van der Waals surface area contributed by atoms with E-state index in [1.54, 1.807) is 49.9 Å². The van der Waals surface area contributed by atoms with Gasteiger partial charge in [-0.05, 0) is 44.5 Å². The Morgan fingerprint density at radius 1 is 1.14 bits per heavy atom. The largest absolute Gasteiger partial charge is 0.442 e. The summed E-state index contributed by atoms with van der Waals surface area (Å²) in [4.78, 5) is 30.5. The van der Waals surface area contributed by atoms with E-state index >= 15 is 0 Å². The molecule has 0 saturated heterocycles. The number of hydrogen-bond acceptors (Lipinski definition) is 3. The molecule has 0 atom stereocenters. The maximum absolute atomic E-state index is 12.9. The minimum atomic E-state index is -0.788. The number of rotatable bonds is 3. The molecule has 150 valence electrons. The van der Waals surface area contributed by atoms with Crippen molar-refractivity contribution in [3.05, 3.63) is 69.7 Å². The second-order valence-electron chi connectivity index (χ2n) is 7.45. The van der Waals surface area contributed by atoms with E-state index in [1.165, 1.54) is 0 Å². The first-order valence-corrected chi connectivity index (χ1v) is 9.76. The smallest absolute Gasteiger partial charge is 0.434 e. The van der Waals surface area contributed by atoms with E-state index in [4.69, 9.17) is 27.9 Å². The van der Waals surface area contributed by atoms with Crippen LogP contribution in [0.3, 0.4) is 0 Å². The molecule has 3 rings (SSSR count). The lowest BCUT2D eigenvalue weighted by molar-refractivity contribution is -0.112. The third-order valence-electron chi connectivity index (χ3n) is 4.04. The molecule has 1 aliphatic rings. The zero-order valence-electron chi connectivity index (χ0n) is 16.3. The van der Waals surface area contributed by atoms with Gasteiger partial charge in [-0.25, -0.2) is 4.79 Å². The Kier molecular flexibility index (Phi) is 6.10. The van der Waals surface area contributed by atoms with Gasteiger partial charge in [0.2, 0.25) is 0 Å². The van der Waals surface area contributed by atoms with Gasteiger partial charge in [-0.3, -0.25) is 4.79 Å². The van der Waals surface area contributed by atoms with E-state index in [1.807, 2.05) is 30.4 Å². The van der Waals surface area contributed by atoms with Crippen molar-refractivity contribution in [2.24, 2.45) is 4.99 Å². The van der Waals surface area contributed by atoms with Crippen molar-refractivity contribution >= 4 is 52.7 Å². The van der Waals surface area contributed by atoms with Crippen molar-refractivity contribution in [3.63, 3.8) is 0 Å². The highest BCUT2D eigenvalue weighted by molar-refractivity contribution is 6.55. The van der Waals surface area contributed by atoms with Crippen LogP contribution in [-0.4, -0.2) is 29.9 Å². The van der Waals surface area contributed by atoms with Gasteiger partial charge in [-0.2, -0.15) is 4.99 Å². The number of benzene rings is 2. The predicted molar refractivity (Wildman–Crippen MR) is 117 cm³/mol. The van der Waals surface area contributed by atoms with Gasteiger partial charge in [0.15, 0.2) is 0 Å². The van der Waals surface area contributed by atoms with Gasteiger partial charge in [0.25, 0.3) is 5.91 Å². The first kappa shape index (κ1) is 21.1. The zero-order valence-corrected chi connectivity index (χ0v) is 17.8. The van der Waals surface area contributed by atoms with Crippen molar-refractivity contribution in [3.8, 4) is 0 Å². The van der Waals surface area contributed by atoms with Crippen molar-refractivity contribution < 1.29 is 14.3 Å². The highest BCUT2D eigenvalue weighted by atomic mass is 35.5. The molecule has 0 aromatic heterocycles. The molecular weight excluding hydrogens is 411 g/mol. The average molecular weight is 431 g/mol. The van der Waals surface area contributed by atoms with Gasteiger partial charge in [-0.15, -0.1) is 0 Å². The lowest BCUT2D eigenvalue weighted by Crippen LogP contribution is -2.31. The van der Waals surface area contributed by atoms with Gasteiger partial charge in [-0.1, -0.05) is 59.6 Å². The predicted octanol–water partition coefficient (Wildman–Crippen LogP) is 5.78. The number of fused-ring (bicyclic) bond motifs is 1. The van der Waals surface area contributed by atoms with Crippen LogP contribution < -0.4 is 4.90 Å². The number of carbonyl (C=O) groups is 2. The number of para-hydroxylation sites is 1. The van der Waals surface area contributed by atoms with Gasteiger partial charge in [0.1, 0.15) is 11.3 Å². The maximum Gasteiger partial charge on any atom is 0.434 e. The molecule has 0 radical (unpaired) electrons. The SMILES string of the molecule is CC(C)(C)OC(=O)/N=C1/C(=O)N(C/C=C/c2ccc(Cl)c(Cl)c2)c2ccccc21. The van der Waals surface area contributed by atoms with Crippen LogP contribution >= 0.6 is 23.2 Å². The van der Waals surface area contributed by atoms with E-state index in [2.05, 4.69) is 4.99 Å². The summed E-state index contributed by atoms with van der Waals surface area (Å²) in [6, 6.07) is 12.5. The molecule has 0 saturated carbocycles. The first-order chi connectivity index (χ1) is 13.7. The second kappa shape index (κ2) is 8.39. The number of aliphatic imine (C=N–C) groups is 1. The summed E-state index contributed by atoms with van der Waals surface area (Å²) >= 11 is 12.0. The summed E-state index contributed by atoms with van der Waals surface area (Å²) in [6.07, 6.45) is 2.90. The van der Waals surface area contributed by atoms with Crippen LogP contribution in [0.15, 0.2) is 53.5 Å². The van der Waals surface area contributed by atoms with Crippen LogP contribution in [0.1, 0.15) is 31.9 Å². The van der Waals surface area contributed by atoms with E-state index in [0.29, 0.717) is 27.8 Å². The highest BCUT2D eigenvalue weighted by Crippen LogP contribution is 2.29. The van der Waals surface area contributed by atoms with Gasteiger partial charge >= 0.3 is 6.09 Å². The number of ether oxygens (including phenoxy) is 1. The van der Waals surface area contributed by atoms with Gasteiger partial charge in [0, 0.05) is 12.1 Å². The standard InChI is InChI=1S/C22H20Cl2N2O3/c1-22(2,3)29-21(28)25-19-15-8-4-5-9-18(15)26(20(19)27)12-6-7-14-10-11-16(23)17(24)13-14/h4-11,13H,12H2,1-3H3/b7-6+,25-19+. The minimum Gasteiger partial charge on any atom is -0.442 e. The van der Waals surface area contributed by atoms with Gasteiger partial charge in [0.05, 0.1) is 15.7 Å². The van der Waals surface area contributed by atoms with E-state index in [9.17, 15) is 9.59 Å². The Morgan fingerprint density at radius 3 is 2.55 bits per heavy atom. The molecule has 0 fully saturated rings. The Labute approximate surface area is 179 Å². The molecule has 2 aromatic rings. The molecule has 0 spiro atoms. The summed E-state index contributed by atoms with van der Waals surface area (Å²) in [6.45, 7) is 5.55. The molecule has 0 unspecified atom stereocenters. The van der Waals surface area contributed by atoms with Crippen LogP contribution in [0.5, 0.6) is 0 Å². The number of halogens is 2. The number of hydrogen-bond donors (Lipinski definition) is 0. The zero-order chi connectivity index (χ0) is 21.2. The first-order valence-electron chi connectivity index (χ1n) is 9.00. The molecular formula is C22H20Cl2N2O3. The normalized spacial score (nSPS) is 15.3. The quantitative estimate of drug-likeness (QED) is 0.619. The van der Waals surface area contributed by atoms with Crippen LogP contribution in [-0.2, 0) is 9.53 Å². The third kappa shape index (κ3) is 5.05. The van der Waals surface area contributed by atoms with Crippen LogP contribution in [0.4, 0.5) is 10.5 Å². The topological polar surface area (TPSA) is 59.0 Å². The molecule has 2 aromatic carbocycles. The summed E-state index contributed by atoms with van der Waals surface area (Å²) in [7, 11) is 0. The molecule has 29 heavy (non-hydrogen) atoms. The van der Waals surface area contributed by atoms with Crippen LogP contribution in [0.2, 0.25) is 10.0 Å². The number of carbonyl (C=O) groups excluding carboxylic acids is 2. The summed E-state index contributed by atoms with van der Waals surface area (Å²) in [5, 5.41) is 0.943. The average Bonchev–Trinajstić information content (AvgIpc) is 2.89. The fraction of sp³-hybridized carbons (Fsp3) is 0.227. The Morgan fingerprint density at radius 2 is 1.86 bits per heavy atom. The monoisotopic (exact) mass is 430 g/mol. The highest BCUT2D eigenvalue weighted by Gasteiger charge is 2.34. The lowest BCUT2D eigenvalue weighted by Gasteiger charge is -2.17. The number of amides is 2. The molecule has 1 heterocycles. The molecule has 7 heteroatoms.